The third kappa shape index (κ3) is 5.42. The number of methoxy groups -OCH3 is 2. The van der Waals surface area contributed by atoms with Gasteiger partial charge >= 0.3 is 0 Å². The Kier molecular flexibility index (Phi) is 7.03. The van der Waals surface area contributed by atoms with Gasteiger partial charge in [-0.1, -0.05) is 13.3 Å². The number of nitrogens with one attached hydrogen (secondary N) is 1. The molecule has 7 heteroatoms. The van der Waals surface area contributed by atoms with Crippen molar-refractivity contribution in [3.63, 3.8) is 0 Å². The van der Waals surface area contributed by atoms with E-state index < -0.39 is 5.54 Å². The van der Waals surface area contributed by atoms with Crippen LogP contribution in [0.1, 0.15) is 26.7 Å². The lowest BCUT2D eigenvalue weighted by molar-refractivity contribution is -0.137. The number of carbonyl (C=O) groups excluding carboxylic acids is 2. The van der Waals surface area contributed by atoms with Gasteiger partial charge in [-0.3, -0.25) is 9.59 Å². The van der Waals surface area contributed by atoms with Crippen LogP contribution in [0.3, 0.4) is 0 Å². The van der Waals surface area contributed by atoms with Gasteiger partial charge in [0.2, 0.25) is 11.8 Å². The number of carbonyl (C=O) groups is 2. The molecule has 1 unspecified atom stereocenters. The molecule has 134 valence electrons. The molecule has 1 atom stereocenters. The van der Waals surface area contributed by atoms with Crippen molar-refractivity contribution in [2.75, 3.05) is 33.1 Å². The Morgan fingerprint density at radius 3 is 2.21 bits per heavy atom. The Bertz CT molecular complexity index is 565. The molecule has 2 amide bonds. The lowest BCUT2D eigenvalue weighted by atomic mass is 9.96. The maximum Gasteiger partial charge on any atom is 0.243 e. The van der Waals surface area contributed by atoms with Crippen molar-refractivity contribution < 1.29 is 19.1 Å². The molecule has 0 aliphatic rings. The van der Waals surface area contributed by atoms with Crippen LogP contribution in [-0.2, 0) is 9.59 Å². The second-order valence-corrected chi connectivity index (χ2v) is 5.98. The molecule has 24 heavy (non-hydrogen) atoms. The average Bonchev–Trinajstić information content (AvgIpc) is 2.53. The Morgan fingerprint density at radius 1 is 1.21 bits per heavy atom. The zero-order chi connectivity index (χ0) is 18.3. The highest BCUT2D eigenvalue weighted by molar-refractivity contribution is 5.96. The lowest BCUT2D eigenvalue weighted by Gasteiger charge is -2.28. The van der Waals surface area contributed by atoms with Crippen LogP contribution < -0.4 is 20.5 Å². The number of nitrogens with two attached hydrogens (primary N) is 1. The van der Waals surface area contributed by atoms with Crippen LogP contribution >= 0.6 is 0 Å². The molecule has 0 aliphatic carbocycles. The number of nitrogens with zero attached hydrogens (tertiary/aromatic N) is 1. The van der Waals surface area contributed by atoms with E-state index in [4.69, 9.17) is 15.2 Å². The van der Waals surface area contributed by atoms with Crippen LogP contribution in [-0.4, -0.2) is 50.1 Å². The fourth-order valence-corrected chi connectivity index (χ4v) is 2.43. The zero-order valence-electron chi connectivity index (χ0n) is 15.0. The highest BCUT2D eigenvalue weighted by Crippen LogP contribution is 2.25. The molecule has 1 rings (SSSR count). The fourth-order valence-electron chi connectivity index (χ4n) is 2.43. The average molecular weight is 337 g/mol. The first-order valence-corrected chi connectivity index (χ1v) is 7.80. The quantitative estimate of drug-likeness (QED) is 0.752. The molecule has 3 N–H and O–H groups in total. The first kappa shape index (κ1) is 19.8. The van der Waals surface area contributed by atoms with Gasteiger partial charge in [0.25, 0.3) is 0 Å². The van der Waals surface area contributed by atoms with Crippen molar-refractivity contribution in [1.29, 1.82) is 0 Å². The van der Waals surface area contributed by atoms with Crippen molar-refractivity contribution in [3.8, 4) is 11.5 Å². The minimum atomic E-state index is -0.969. The summed E-state index contributed by atoms with van der Waals surface area (Å²) in [4.78, 5) is 25.8. The van der Waals surface area contributed by atoms with Crippen LogP contribution in [0.25, 0.3) is 0 Å². The summed E-state index contributed by atoms with van der Waals surface area (Å²) in [6, 6.07) is 5.05. The molecule has 0 aliphatic heterocycles. The normalized spacial score (nSPS) is 12.9. The van der Waals surface area contributed by atoms with Gasteiger partial charge in [-0.05, 0) is 13.3 Å². The second kappa shape index (κ2) is 8.54. The van der Waals surface area contributed by atoms with Crippen LogP contribution in [0.5, 0.6) is 11.5 Å². The van der Waals surface area contributed by atoms with Crippen molar-refractivity contribution in [2.24, 2.45) is 5.73 Å². The molecule has 0 heterocycles. The smallest absolute Gasteiger partial charge is 0.243 e. The van der Waals surface area contributed by atoms with E-state index in [-0.39, 0.29) is 18.4 Å². The minimum absolute atomic E-state index is 0.0884. The molecule has 1 aromatic rings. The number of likely N-dealkylation sites (N-methyl/N-ethyl adjacent to an activating group) is 1. The third-order valence-corrected chi connectivity index (χ3v) is 3.62. The second-order valence-electron chi connectivity index (χ2n) is 5.98. The topological polar surface area (TPSA) is 93.9 Å². The third-order valence-electron chi connectivity index (χ3n) is 3.62. The standard InChI is InChI=1S/C17H27N3O4/c1-6-7-17(2,18)16(22)20(3)11-15(21)19-12-8-13(23-4)10-14(9-12)24-5/h8-10H,6-7,11,18H2,1-5H3,(H,19,21). The highest BCUT2D eigenvalue weighted by Gasteiger charge is 2.30. The van der Waals surface area contributed by atoms with Gasteiger partial charge in [0.05, 0.1) is 26.3 Å². The first-order valence-electron chi connectivity index (χ1n) is 7.80. The summed E-state index contributed by atoms with van der Waals surface area (Å²) in [5.41, 5.74) is 5.58. The number of benzene rings is 1. The van der Waals surface area contributed by atoms with Gasteiger partial charge in [0, 0.05) is 30.9 Å². The van der Waals surface area contributed by atoms with Crippen molar-refractivity contribution in [3.05, 3.63) is 18.2 Å². The van der Waals surface area contributed by atoms with E-state index in [1.54, 1.807) is 32.2 Å². The molecule has 0 spiro atoms. The summed E-state index contributed by atoms with van der Waals surface area (Å²) in [5, 5.41) is 2.73. The molecule has 0 radical (unpaired) electrons. The molecule has 7 nitrogen and oxygen atoms in total. The molecule has 0 saturated heterocycles. The summed E-state index contributed by atoms with van der Waals surface area (Å²) >= 11 is 0. The molecule has 1 aromatic carbocycles. The molecule has 0 aromatic heterocycles. The fraction of sp³-hybridized carbons (Fsp3) is 0.529. The summed E-state index contributed by atoms with van der Waals surface area (Å²) < 4.78 is 10.3. The monoisotopic (exact) mass is 337 g/mol. The predicted octanol–water partition coefficient (Wildman–Crippen LogP) is 1.62. The maximum atomic E-state index is 12.3. The Hall–Kier alpha value is -2.28. The maximum absolute atomic E-state index is 12.3. The van der Waals surface area contributed by atoms with Gasteiger partial charge < -0.3 is 25.4 Å². The largest absolute Gasteiger partial charge is 0.497 e. The summed E-state index contributed by atoms with van der Waals surface area (Å²) in [7, 11) is 4.63. The van der Waals surface area contributed by atoms with Gasteiger partial charge in [0.15, 0.2) is 0 Å². The van der Waals surface area contributed by atoms with Gasteiger partial charge in [0.1, 0.15) is 11.5 Å². The van der Waals surface area contributed by atoms with Crippen LogP contribution in [0.15, 0.2) is 18.2 Å². The number of ether oxygens (including phenoxy) is 2. The number of anilines is 1. The highest BCUT2D eigenvalue weighted by atomic mass is 16.5. The number of hydrogen-bond donors (Lipinski definition) is 2. The van der Waals surface area contributed by atoms with E-state index in [0.29, 0.717) is 23.6 Å². The summed E-state index contributed by atoms with van der Waals surface area (Å²) in [6.07, 6.45) is 1.35. The van der Waals surface area contributed by atoms with Crippen molar-refractivity contribution >= 4 is 17.5 Å². The van der Waals surface area contributed by atoms with E-state index in [1.165, 1.54) is 19.1 Å². The summed E-state index contributed by atoms with van der Waals surface area (Å²) in [6.45, 7) is 3.55. The van der Waals surface area contributed by atoms with E-state index in [1.807, 2.05) is 6.92 Å². The molecule has 0 fully saturated rings. The van der Waals surface area contributed by atoms with Crippen molar-refractivity contribution in [1.82, 2.24) is 4.90 Å². The zero-order valence-corrected chi connectivity index (χ0v) is 15.0. The summed E-state index contributed by atoms with van der Waals surface area (Å²) in [5.74, 6) is 0.536. The predicted molar refractivity (Wildman–Crippen MR) is 93.3 cm³/mol. The van der Waals surface area contributed by atoms with Crippen LogP contribution in [0, 0.1) is 0 Å². The first-order chi connectivity index (χ1) is 11.2. The Labute approximate surface area is 143 Å². The minimum Gasteiger partial charge on any atom is -0.497 e. The van der Waals surface area contributed by atoms with Gasteiger partial charge in [-0.2, -0.15) is 0 Å². The van der Waals surface area contributed by atoms with E-state index in [2.05, 4.69) is 5.32 Å². The number of amides is 2. The Balaban J connectivity index is 2.74. The van der Waals surface area contributed by atoms with Crippen LogP contribution in [0.4, 0.5) is 5.69 Å². The van der Waals surface area contributed by atoms with Gasteiger partial charge in [-0.25, -0.2) is 0 Å². The van der Waals surface area contributed by atoms with E-state index in [9.17, 15) is 9.59 Å². The molecular weight excluding hydrogens is 310 g/mol. The lowest BCUT2D eigenvalue weighted by Crippen LogP contribution is -2.53. The van der Waals surface area contributed by atoms with Crippen molar-refractivity contribution in [2.45, 2.75) is 32.2 Å². The Morgan fingerprint density at radius 2 is 1.75 bits per heavy atom. The molecule has 0 bridgehead atoms. The van der Waals surface area contributed by atoms with E-state index >= 15 is 0 Å². The number of hydrogen-bond acceptors (Lipinski definition) is 5. The molecular formula is C17H27N3O4. The molecule has 0 saturated carbocycles. The van der Waals surface area contributed by atoms with Crippen LogP contribution in [0.2, 0.25) is 0 Å². The SMILES string of the molecule is CCCC(C)(N)C(=O)N(C)CC(=O)Nc1cc(OC)cc(OC)c1. The number of rotatable bonds is 8. The van der Waals surface area contributed by atoms with Gasteiger partial charge in [-0.15, -0.1) is 0 Å². The van der Waals surface area contributed by atoms with E-state index in [0.717, 1.165) is 6.42 Å².